The maximum Gasteiger partial charge on any atom is 0.266 e. The predicted molar refractivity (Wildman–Crippen MR) is 121 cm³/mol. The van der Waals surface area contributed by atoms with Crippen molar-refractivity contribution >= 4 is 33.1 Å². The van der Waals surface area contributed by atoms with E-state index in [0.29, 0.717) is 38.8 Å². The summed E-state index contributed by atoms with van der Waals surface area (Å²) in [5.74, 6) is 1.21. The van der Waals surface area contributed by atoms with Crippen molar-refractivity contribution in [3.05, 3.63) is 63.0 Å². The highest BCUT2D eigenvalue weighted by Gasteiger charge is 2.22. The number of rotatable bonds is 3. The lowest BCUT2D eigenvalue weighted by Crippen LogP contribution is -2.24. The molecule has 158 valence electrons. The molecule has 1 N–H and O–H groups in total. The molecule has 7 nitrogen and oxygen atoms in total. The highest BCUT2D eigenvalue weighted by Crippen LogP contribution is 2.29. The third-order valence-electron chi connectivity index (χ3n) is 5.68. The first-order valence-electron chi connectivity index (χ1n) is 10.4. The Morgan fingerprint density at radius 3 is 2.68 bits per heavy atom. The highest BCUT2D eigenvalue weighted by atomic mass is 32.1. The maximum absolute atomic E-state index is 13.1. The molecule has 5 rings (SSSR count). The Morgan fingerprint density at radius 1 is 1.13 bits per heavy atom. The second-order valence-electron chi connectivity index (χ2n) is 7.82. The zero-order chi connectivity index (χ0) is 21.5. The van der Waals surface area contributed by atoms with Gasteiger partial charge in [-0.1, -0.05) is 18.6 Å². The van der Waals surface area contributed by atoms with Crippen LogP contribution < -0.4 is 10.9 Å². The van der Waals surface area contributed by atoms with Gasteiger partial charge in [0.15, 0.2) is 5.89 Å². The molecule has 0 unspecified atom stereocenters. The number of anilines is 1. The van der Waals surface area contributed by atoms with Gasteiger partial charge in [-0.3, -0.25) is 14.2 Å². The third-order valence-corrected chi connectivity index (χ3v) is 6.86. The molecule has 1 aliphatic heterocycles. The molecule has 1 amide bonds. The Morgan fingerprint density at radius 2 is 1.94 bits per heavy atom. The number of thiophene rings is 1. The van der Waals surface area contributed by atoms with Gasteiger partial charge in [0.25, 0.3) is 11.5 Å². The standard InChI is InChI=1S/C23H22N4O3S/c1-13-19-22(26-18-6-4-3-5-11-27(18)23(19)29)31-20(13)21(28)25-16-9-7-15(8-10-16)17-12-30-14(2)24-17/h7-10,12H,3-6,11H2,1-2H3,(H,25,28). The van der Waals surface area contributed by atoms with Gasteiger partial charge in [-0.05, 0) is 37.5 Å². The number of fused-ring (bicyclic) bond motifs is 2. The van der Waals surface area contributed by atoms with Crippen LogP contribution >= 0.6 is 11.3 Å². The fourth-order valence-electron chi connectivity index (χ4n) is 4.03. The van der Waals surface area contributed by atoms with Gasteiger partial charge in [-0.25, -0.2) is 9.97 Å². The predicted octanol–water partition coefficient (Wildman–Crippen LogP) is 4.71. The topological polar surface area (TPSA) is 90.0 Å². The van der Waals surface area contributed by atoms with Crippen LogP contribution in [-0.4, -0.2) is 20.4 Å². The summed E-state index contributed by atoms with van der Waals surface area (Å²) in [6.07, 6.45) is 5.55. The molecule has 3 aromatic heterocycles. The van der Waals surface area contributed by atoms with Crippen molar-refractivity contribution in [1.29, 1.82) is 0 Å². The average molecular weight is 435 g/mol. The Labute approximate surface area is 182 Å². The number of carbonyl (C=O) groups excluding carboxylic acids is 1. The normalized spacial score (nSPS) is 13.7. The minimum atomic E-state index is -0.231. The molecular formula is C23H22N4O3S. The summed E-state index contributed by atoms with van der Waals surface area (Å²) < 4.78 is 7.05. The van der Waals surface area contributed by atoms with Crippen molar-refractivity contribution in [3.63, 3.8) is 0 Å². The molecule has 4 aromatic rings. The Bertz CT molecular complexity index is 1350. The number of hydrogen-bond acceptors (Lipinski definition) is 6. The summed E-state index contributed by atoms with van der Waals surface area (Å²) in [5, 5.41) is 3.50. The van der Waals surface area contributed by atoms with Crippen LogP contribution in [-0.2, 0) is 13.0 Å². The second-order valence-corrected chi connectivity index (χ2v) is 8.81. The van der Waals surface area contributed by atoms with E-state index in [1.807, 2.05) is 31.2 Å². The van der Waals surface area contributed by atoms with Crippen LogP contribution in [0.25, 0.3) is 21.5 Å². The van der Waals surface area contributed by atoms with Gasteiger partial charge in [0.05, 0.1) is 10.3 Å². The van der Waals surface area contributed by atoms with Crippen LogP contribution in [0.4, 0.5) is 5.69 Å². The maximum atomic E-state index is 13.1. The van der Waals surface area contributed by atoms with E-state index in [1.54, 1.807) is 17.8 Å². The molecule has 31 heavy (non-hydrogen) atoms. The van der Waals surface area contributed by atoms with E-state index in [4.69, 9.17) is 9.40 Å². The number of aryl methyl sites for hydroxylation is 3. The van der Waals surface area contributed by atoms with Crippen molar-refractivity contribution in [2.24, 2.45) is 0 Å². The first-order chi connectivity index (χ1) is 15.0. The van der Waals surface area contributed by atoms with Crippen LogP contribution in [0, 0.1) is 13.8 Å². The van der Waals surface area contributed by atoms with E-state index < -0.39 is 0 Å². The number of aromatic nitrogens is 3. The van der Waals surface area contributed by atoms with Crippen molar-refractivity contribution in [2.45, 2.75) is 46.1 Å². The molecule has 4 heterocycles. The second kappa shape index (κ2) is 7.77. The number of amides is 1. The number of nitrogens with one attached hydrogen (secondary N) is 1. The van der Waals surface area contributed by atoms with Crippen molar-refractivity contribution in [1.82, 2.24) is 14.5 Å². The number of oxazole rings is 1. The van der Waals surface area contributed by atoms with Crippen LogP contribution in [0.3, 0.4) is 0 Å². The quantitative estimate of drug-likeness (QED) is 0.504. The summed E-state index contributed by atoms with van der Waals surface area (Å²) >= 11 is 1.29. The van der Waals surface area contributed by atoms with Crippen LogP contribution in [0.2, 0.25) is 0 Å². The van der Waals surface area contributed by atoms with E-state index in [9.17, 15) is 9.59 Å². The van der Waals surface area contributed by atoms with E-state index in [-0.39, 0.29) is 11.5 Å². The molecule has 0 aliphatic carbocycles. The lowest BCUT2D eigenvalue weighted by atomic mass is 10.1. The van der Waals surface area contributed by atoms with Crippen LogP contribution in [0.1, 0.15) is 46.2 Å². The highest BCUT2D eigenvalue weighted by molar-refractivity contribution is 7.20. The summed E-state index contributed by atoms with van der Waals surface area (Å²) in [6, 6.07) is 7.43. The fraction of sp³-hybridized carbons (Fsp3) is 0.304. The summed E-state index contributed by atoms with van der Waals surface area (Å²) in [5.41, 5.74) is 3.01. The average Bonchev–Trinajstić information content (AvgIpc) is 3.24. The van der Waals surface area contributed by atoms with Gasteiger partial charge in [0, 0.05) is 31.1 Å². The van der Waals surface area contributed by atoms with Gasteiger partial charge in [-0.2, -0.15) is 0 Å². The molecule has 1 aliphatic rings. The Balaban J connectivity index is 1.44. The largest absolute Gasteiger partial charge is 0.449 e. The number of carbonyl (C=O) groups is 1. The zero-order valence-corrected chi connectivity index (χ0v) is 18.2. The molecule has 0 radical (unpaired) electrons. The third kappa shape index (κ3) is 3.57. The van der Waals surface area contributed by atoms with Crippen molar-refractivity contribution in [2.75, 3.05) is 5.32 Å². The molecule has 8 heteroatoms. The first-order valence-corrected chi connectivity index (χ1v) is 11.2. The Hall–Kier alpha value is -3.26. The van der Waals surface area contributed by atoms with E-state index in [0.717, 1.165) is 42.8 Å². The van der Waals surface area contributed by atoms with Crippen LogP contribution in [0.5, 0.6) is 0 Å². The number of hydrogen-bond donors (Lipinski definition) is 1. The Kier molecular flexibility index (Phi) is 4.94. The summed E-state index contributed by atoms with van der Waals surface area (Å²) in [7, 11) is 0. The molecule has 0 spiro atoms. The van der Waals surface area contributed by atoms with Gasteiger partial charge < -0.3 is 9.73 Å². The smallest absolute Gasteiger partial charge is 0.266 e. The minimum Gasteiger partial charge on any atom is -0.449 e. The fourth-order valence-corrected chi connectivity index (χ4v) is 5.12. The first kappa shape index (κ1) is 19.7. The number of nitrogens with zero attached hydrogens (tertiary/aromatic N) is 3. The van der Waals surface area contributed by atoms with Crippen LogP contribution in [0.15, 0.2) is 39.7 Å². The van der Waals surface area contributed by atoms with Crippen molar-refractivity contribution < 1.29 is 9.21 Å². The van der Waals surface area contributed by atoms with E-state index in [2.05, 4.69) is 10.3 Å². The SMILES string of the molecule is Cc1nc(-c2ccc(NC(=O)c3sc4nc5n(c(=O)c4c3C)CCCCC5)cc2)co1. The van der Waals surface area contributed by atoms with Gasteiger partial charge >= 0.3 is 0 Å². The van der Waals surface area contributed by atoms with E-state index in [1.165, 1.54) is 11.3 Å². The monoisotopic (exact) mass is 434 g/mol. The summed E-state index contributed by atoms with van der Waals surface area (Å²) in [4.78, 5) is 36.3. The molecule has 0 saturated carbocycles. The van der Waals surface area contributed by atoms with Gasteiger partial charge in [-0.15, -0.1) is 11.3 Å². The summed E-state index contributed by atoms with van der Waals surface area (Å²) in [6.45, 7) is 4.33. The molecule has 1 aromatic carbocycles. The molecule has 0 atom stereocenters. The lowest BCUT2D eigenvalue weighted by Gasteiger charge is -2.08. The molecule has 0 fully saturated rings. The molecular weight excluding hydrogens is 412 g/mol. The van der Waals surface area contributed by atoms with Crippen molar-refractivity contribution in [3.8, 4) is 11.3 Å². The number of benzene rings is 1. The van der Waals surface area contributed by atoms with E-state index >= 15 is 0 Å². The zero-order valence-electron chi connectivity index (χ0n) is 17.4. The van der Waals surface area contributed by atoms with Gasteiger partial charge in [0.2, 0.25) is 0 Å². The van der Waals surface area contributed by atoms with Gasteiger partial charge in [0.1, 0.15) is 22.6 Å². The molecule has 0 saturated heterocycles. The lowest BCUT2D eigenvalue weighted by molar-refractivity contribution is 0.103. The molecule has 0 bridgehead atoms. The minimum absolute atomic E-state index is 0.0260.